The van der Waals surface area contributed by atoms with Crippen molar-refractivity contribution in [3.63, 3.8) is 0 Å². The van der Waals surface area contributed by atoms with Crippen LogP contribution in [0.5, 0.6) is 0 Å². The fourth-order valence-electron chi connectivity index (χ4n) is 2.22. The Hall–Kier alpha value is -4.07. The third-order valence-electron chi connectivity index (χ3n) is 3.57. The first-order valence-corrected chi connectivity index (χ1v) is 8.17. The number of furan rings is 2. The Morgan fingerprint density at radius 1 is 0.862 bits per heavy atom. The quantitative estimate of drug-likeness (QED) is 0.397. The molecule has 14 nitrogen and oxygen atoms in total. The molecule has 1 aliphatic heterocycles. The van der Waals surface area contributed by atoms with Crippen molar-refractivity contribution in [2.75, 3.05) is 26.3 Å². The summed E-state index contributed by atoms with van der Waals surface area (Å²) in [6.07, 6.45) is 2.31. The predicted molar refractivity (Wildman–Crippen MR) is 95.5 cm³/mol. The first-order chi connectivity index (χ1) is 13.9. The van der Waals surface area contributed by atoms with E-state index in [0.717, 1.165) is 22.4 Å². The normalized spacial score (nSPS) is 15.8. The molecule has 0 radical (unpaired) electrons. The highest BCUT2D eigenvalue weighted by atomic mass is 16.7. The number of nitro groups is 2. The number of hydrogen-bond donors (Lipinski definition) is 0. The molecule has 3 rings (SSSR count). The molecule has 0 atom stereocenters. The van der Waals surface area contributed by atoms with E-state index in [9.17, 15) is 25.0 Å². The van der Waals surface area contributed by atoms with Crippen LogP contribution in [0.15, 0.2) is 43.3 Å². The summed E-state index contributed by atoms with van der Waals surface area (Å²) in [7, 11) is 0. The summed E-state index contributed by atoms with van der Waals surface area (Å²) in [4.78, 5) is 32.6. The van der Waals surface area contributed by atoms with Gasteiger partial charge in [-0.05, 0) is 12.1 Å². The van der Waals surface area contributed by atoms with Crippen LogP contribution in [0.3, 0.4) is 0 Å². The average Bonchev–Trinajstić information content (AvgIpc) is 3.34. The highest BCUT2D eigenvalue weighted by Gasteiger charge is 2.23. The number of rotatable bonds is 6. The van der Waals surface area contributed by atoms with Crippen LogP contribution < -0.4 is 0 Å². The van der Waals surface area contributed by atoms with Crippen molar-refractivity contribution < 1.29 is 28.2 Å². The molecule has 0 aromatic carbocycles. The smallest absolute Gasteiger partial charge is 0.400 e. The molecule has 0 bridgehead atoms. The second-order valence-corrected chi connectivity index (χ2v) is 5.50. The van der Waals surface area contributed by atoms with Gasteiger partial charge in [0.2, 0.25) is 0 Å². The van der Waals surface area contributed by atoms with Crippen LogP contribution in [-0.4, -0.2) is 64.6 Å². The number of ether oxygens (including phenoxy) is 1. The zero-order valence-electron chi connectivity index (χ0n) is 14.7. The summed E-state index contributed by atoms with van der Waals surface area (Å²) in [6, 6.07) is 4.42. The SMILES string of the molecule is O=C1N(N=Cc2ccc([N+](=O)[O-])o2)CCOCCN1N=Cc1ccc([N+](=O)[O-])o1. The van der Waals surface area contributed by atoms with E-state index in [1.807, 2.05) is 0 Å². The molecule has 2 aromatic rings. The van der Waals surface area contributed by atoms with Crippen LogP contribution in [-0.2, 0) is 4.74 Å². The number of hydrazone groups is 2. The first-order valence-electron chi connectivity index (χ1n) is 8.17. The lowest BCUT2D eigenvalue weighted by atomic mass is 10.5. The van der Waals surface area contributed by atoms with Gasteiger partial charge in [-0.1, -0.05) is 0 Å². The predicted octanol–water partition coefficient (Wildman–Crippen LogP) is 1.81. The second kappa shape index (κ2) is 8.75. The van der Waals surface area contributed by atoms with Gasteiger partial charge in [0, 0.05) is 0 Å². The zero-order chi connectivity index (χ0) is 20.8. The number of amides is 2. The third-order valence-corrected chi connectivity index (χ3v) is 3.57. The molecule has 1 saturated heterocycles. The van der Waals surface area contributed by atoms with Crippen LogP contribution in [0.1, 0.15) is 11.5 Å². The summed E-state index contributed by atoms with van der Waals surface area (Å²) in [5.74, 6) is -0.726. The Morgan fingerprint density at radius 2 is 1.31 bits per heavy atom. The molecule has 0 unspecified atom stereocenters. The maximum Gasteiger partial charge on any atom is 0.433 e. The summed E-state index contributed by atoms with van der Waals surface area (Å²) in [6.45, 7) is 0.666. The van der Waals surface area contributed by atoms with Gasteiger partial charge in [-0.25, -0.2) is 14.8 Å². The van der Waals surface area contributed by atoms with E-state index >= 15 is 0 Å². The van der Waals surface area contributed by atoms with Crippen molar-refractivity contribution in [3.05, 3.63) is 56.0 Å². The van der Waals surface area contributed by atoms with Gasteiger partial charge < -0.3 is 13.6 Å². The number of nitrogens with zero attached hydrogens (tertiary/aromatic N) is 6. The molecular formula is C15H14N6O8. The molecule has 0 spiro atoms. The minimum atomic E-state index is -0.693. The van der Waals surface area contributed by atoms with Gasteiger partial charge in [0.15, 0.2) is 11.5 Å². The van der Waals surface area contributed by atoms with Crippen LogP contribution in [0.25, 0.3) is 0 Å². The number of hydrogen-bond acceptors (Lipinski definition) is 10. The molecule has 0 N–H and O–H groups in total. The Labute approximate surface area is 161 Å². The van der Waals surface area contributed by atoms with Crippen molar-refractivity contribution in [2.24, 2.45) is 10.2 Å². The van der Waals surface area contributed by atoms with E-state index in [1.54, 1.807) is 0 Å². The number of carbonyl (C=O) groups excluding carboxylic acids is 1. The summed E-state index contributed by atoms with van der Waals surface area (Å²) < 4.78 is 15.3. The molecule has 29 heavy (non-hydrogen) atoms. The fraction of sp³-hybridized carbons (Fsp3) is 0.267. The van der Waals surface area contributed by atoms with Crippen molar-refractivity contribution >= 4 is 30.2 Å². The number of carbonyl (C=O) groups is 1. The van der Waals surface area contributed by atoms with Gasteiger partial charge in [-0.2, -0.15) is 10.2 Å². The third kappa shape index (κ3) is 5.01. The van der Waals surface area contributed by atoms with E-state index in [4.69, 9.17) is 13.6 Å². The van der Waals surface area contributed by atoms with E-state index in [-0.39, 0.29) is 37.8 Å². The van der Waals surface area contributed by atoms with Crippen LogP contribution in [0.4, 0.5) is 16.6 Å². The van der Waals surface area contributed by atoms with Gasteiger partial charge in [-0.3, -0.25) is 20.2 Å². The highest BCUT2D eigenvalue weighted by molar-refractivity contribution is 5.82. The van der Waals surface area contributed by atoms with Crippen molar-refractivity contribution in [1.82, 2.24) is 10.0 Å². The topological polar surface area (TPSA) is 170 Å². The lowest BCUT2D eigenvalue weighted by Crippen LogP contribution is -2.43. The van der Waals surface area contributed by atoms with Crippen molar-refractivity contribution in [3.8, 4) is 0 Å². The van der Waals surface area contributed by atoms with Crippen molar-refractivity contribution in [1.29, 1.82) is 0 Å². The molecule has 14 heteroatoms. The first kappa shape index (κ1) is 19.7. The van der Waals surface area contributed by atoms with E-state index < -0.39 is 27.6 Å². The Balaban J connectivity index is 1.72. The van der Waals surface area contributed by atoms with Crippen LogP contribution in [0.2, 0.25) is 0 Å². The van der Waals surface area contributed by atoms with Gasteiger partial charge >= 0.3 is 17.8 Å². The summed E-state index contributed by atoms with van der Waals surface area (Å²) in [5, 5.41) is 31.3. The monoisotopic (exact) mass is 406 g/mol. The molecule has 3 heterocycles. The molecule has 0 aliphatic carbocycles. The zero-order valence-corrected chi connectivity index (χ0v) is 14.7. The maximum atomic E-state index is 12.7. The Bertz CT molecular complexity index is 889. The van der Waals surface area contributed by atoms with Crippen LogP contribution >= 0.6 is 0 Å². The van der Waals surface area contributed by atoms with Crippen molar-refractivity contribution in [2.45, 2.75) is 0 Å². The molecule has 2 amide bonds. The van der Waals surface area contributed by atoms with E-state index in [2.05, 4.69) is 10.2 Å². The molecule has 152 valence electrons. The molecular weight excluding hydrogens is 392 g/mol. The Morgan fingerprint density at radius 3 is 1.69 bits per heavy atom. The summed E-state index contributed by atoms with van der Waals surface area (Å²) in [5.41, 5.74) is 0. The minimum Gasteiger partial charge on any atom is -0.400 e. The highest BCUT2D eigenvalue weighted by Crippen LogP contribution is 2.15. The van der Waals surface area contributed by atoms with Crippen LogP contribution in [0, 0.1) is 20.2 Å². The van der Waals surface area contributed by atoms with E-state index in [0.29, 0.717) is 0 Å². The van der Waals surface area contributed by atoms with E-state index in [1.165, 1.54) is 24.3 Å². The lowest BCUT2D eigenvalue weighted by molar-refractivity contribution is -0.402. The second-order valence-electron chi connectivity index (χ2n) is 5.50. The molecule has 1 aliphatic rings. The molecule has 2 aromatic heterocycles. The lowest BCUT2D eigenvalue weighted by Gasteiger charge is -2.26. The largest absolute Gasteiger partial charge is 0.433 e. The standard InChI is InChI=1S/C15H14N6O8/c22-15-18(16-9-11-1-3-13(28-11)20(23)24)5-7-27-8-6-19(15)17-10-12-2-4-14(29-12)21(25)26/h1-4,9-10H,5-8H2. The summed E-state index contributed by atoms with van der Waals surface area (Å²) >= 11 is 0. The van der Waals surface area contributed by atoms with Gasteiger partial charge in [0.1, 0.15) is 9.85 Å². The molecule has 1 fully saturated rings. The Kier molecular flexibility index (Phi) is 5.94. The fourth-order valence-corrected chi connectivity index (χ4v) is 2.22. The average molecular weight is 406 g/mol. The van der Waals surface area contributed by atoms with Gasteiger partial charge in [-0.15, -0.1) is 0 Å². The van der Waals surface area contributed by atoms with Gasteiger partial charge in [0.25, 0.3) is 0 Å². The minimum absolute atomic E-state index is 0.0884. The van der Waals surface area contributed by atoms with Gasteiger partial charge in [0.05, 0.1) is 50.9 Å². The number of urea groups is 1. The maximum absolute atomic E-state index is 12.7. The molecule has 0 saturated carbocycles.